The highest BCUT2D eigenvalue weighted by molar-refractivity contribution is 6.31. The molecule has 0 saturated carbocycles. The summed E-state index contributed by atoms with van der Waals surface area (Å²) in [5, 5.41) is 3.81. The summed E-state index contributed by atoms with van der Waals surface area (Å²) in [6.07, 6.45) is 0.344. The van der Waals surface area contributed by atoms with Crippen LogP contribution in [0.25, 0.3) is 0 Å². The summed E-state index contributed by atoms with van der Waals surface area (Å²) in [6, 6.07) is 17.7. The van der Waals surface area contributed by atoms with E-state index in [0.717, 1.165) is 25.2 Å². The molecular formula is C21H26ClN4O2+. The van der Waals surface area contributed by atoms with Crippen LogP contribution in [0.5, 0.6) is 0 Å². The van der Waals surface area contributed by atoms with Crippen LogP contribution in [0.15, 0.2) is 54.6 Å². The molecule has 2 aliphatic heterocycles. The molecular weight excluding hydrogens is 376 g/mol. The molecule has 28 heavy (non-hydrogen) atoms. The molecule has 2 aliphatic rings. The first kappa shape index (κ1) is 19.4. The Hall–Kier alpha value is -1.96. The van der Waals surface area contributed by atoms with Crippen LogP contribution in [0.1, 0.15) is 23.7 Å². The summed E-state index contributed by atoms with van der Waals surface area (Å²) in [7, 11) is 2.16. The highest BCUT2D eigenvalue weighted by Crippen LogP contribution is 2.32. The lowest BCUT2D eigenvalue weighted by molar-refractivity contribution is -0.952. The van der Waals surface area contributed by atoms with Crippen LogP contribution in [0, 0.1) is 0 Å². The molecule has 4 unspecified atom stereocenters. The number of hydrogen-bond donors (Lipinski definition) is 3. The summed E-state index contributed by atoms with van der Waals surface area (Å²) < 4.78 is 0.700. The standard InChI is InChI=1S/C21H25ClN4O2/c1-26(13-15-7-3-2-4-8-15)14-16(12-23-26)24-21(27)19-11-20(28-25-19)17-9-5-6-10-18(17)22/h2-10,16,19-20,23,25H,11-14H2,1H3/p+1. The zero-order valence-electron chi connectivity index (χ0n) is 15.9. The Labute approximate surface area is 170 Å². The van der Waals surface area contributed by atoms with Crippen molar-refractivity contribution in [1.82, 2.24) is 16.2 Å². The predicted molar refractivity (Wildman–Crippen MR) is 108 cm³/mol. The largest absolute Gasteiger partial charge is 0.345 e. The number of nitrogens with zero attached hydrogens (tertiary/aromatic N) is 1. The van der Waals surface area contributed by atoms with E-state index in [2.05, 4.69) is 47.5 Å². The molecule has 0 bridgehead atoms. The molecule has 148 valence electrons. The average Bonchev–Trinajstić information content (AvgIpc) is 3.30. The predicted octanol–water partition coefficient (Wildman–Crippen LogP) is 2.32. The smallest absolute Gasteiger partial charge is 0.240 e. The summed E-state index contributed by atoms with van der Waals surface area (Å²) in [6.45, 7) is 2.46. The molecule has 2 saturated heterocycles. The Morgan fingerprint density at radius 3 is 2.75 bits per heavy atom. The van der Waals surface area contributed by atoms with Gasteiger partial charge in [-0.25, -0.2) is 4.59 Å². The first-order chi connectivity index (χ1) is 13.5. The lowest BCUT2D eigenvalue weighted by atomic mass is 10.0. The van der Waals surface area contributed by atoms with Crippen LogP contribution in [0.4, 0.5) is 0 Å². The summed E-state index contributed by atoms with van der Waals surface area (Å²) in [4.78, 5) is 18.3. The monoisotopic (exact) mass is 401 g/mol. The van der Waals surface area contributed by atoms with Crippen LogP contribution in [-0.2, 0) is 16.2 Å². The van der Waals surface area contributed by atoms with E-state index in [1.165, 1.54) is 5.56 Å². The summed E-state index contributed by atoms with van der Waals surface area (Å²) in [5.41, 5.74) is 8.57. The highest BCUT2D eigenvalue weighted by atomic mass is 35.5. The van der Waals surface area contributed by atoms with Crippen LogP contribution in [0.2, 0.25) is 5.02 Å². The van der Waals surface area contributed by atoms with Crippen molar-refractivity contribution in [2.45, 2.75) is 31.2 Å². The van der Waals surface area contributed by atoms with E-state index in [4.69, 9.17) is 16.4 Å². The van der Waals surface area contributed by atoms with Gasteiger partial charge in [0.2, 0.25) is 5.91 Å². The molecule has 2 aromatic carbocycles. The van der Waals surface area contributed by atoms with Crippen molar-refractivity contribution in [3.63, 3.8) is 0 Å². The van der Waals surface area contributed by atoms with Gasteiger partial charge in [-0.05, 0) is 6.07 Å². The van der Waals surface area contributed by atoms with Gasteiger partial charge in [0, 0.05) is 22.6 Å². The van der Waals surface area contributed by atoms with Crippen molar-refractivity contribution in [2.75, 3.05) is 20.1 Å². The second-order valence-electron chi connectivity index (χ2n) is 7.82. The van der Waals surface area contributed by atoms with E-state index in [-0.39, 0.29) is 24.1 Å². The third kappa shape index (κ3) is 4.37. The first-order valence-electron chi connectivity index (χ1n) is 9.62. The number of likely N-dealkylation sites (N-methyl/N-ethyl adjacent to an activating group) is 1. The van der Waals surface area contributed by atoms with E-state index in [1.807, 2.05) is 30.3 Å². The van der Waals surface area contributed by atoms with E-state index < -0.39 is 0 Å². The van der Waals surface area contributed by atoms with Gasteiger partial charge in [-0.15, -0.1) is 0 Å². The summed E-state index contributed by atoms with van der Waals surface area (Å²) >= 11 is 6.25. The second kappa shape index (κ2) is 8.19. The molecule has 0 radical (unpaired) electrons. The minimum Gasteiger partial charge on any atom is -0.345 e. The number of rotatable bonds is 5. The van der Waals surface area contributed by atoms with E-state index in [0.29, 0.717) is 16.0 Å². The normalized spacial score (nSPS) is 29.7. The second-order valence-corrected chi connectivity index (χ2v) is 8.23. The van der Waals surface area contributed by atoms with E-state index in [9.17, 15) is 4.79 Å². The molecule has 4 atom stereocenters. The Kier molecular flexibility index (Phi) is 5.66. The van der Waals surface area contributed by atoms with Gasteiger partial charge in [0.15, 0.2) is 0 Å². The number of carbonyl (C=O) groups excluding carboxylic acids is 1. The molecule has 0 spiro atoms. The topological polar surface area (TPSA) is 62.4 Å². The van der Waals surface area contributed by atoms with Crippen LogP contribution >= 0.6 is 11.6 Å². The maximum Gasteiger partial charge on any atom is 0.240 e. The summed E-state index contributed by atoms with van der Waals surface area (Å²) in [5.74, 6) is -0.0329. The van der Waals surface area contributed by atoms with Gasteiger partial charge in [0.05, 0.1) is 19.6 Å². The Morgan fingerprint density at radius 2 is 1.96 bits per heavy atom. The van der Waals surface area contributed by atoms with Crippen molar-refractivity contribution >= 4 is 17.5 Å². The number of hydrogen-bond acceptors (Lipinski definition) is 4. The Balaban J connectivity index is 1.31. The fraction of sp³-hybridized carbons (Fsp3) is 0.381. The fourth-order valence-corrected chi connectivity index (χ4v) is 4.27. The molecule has 4 rings (SSSR count). The number of quaternary nitrogens is 1. The number of benzene rings is 2. The first-order valence-corrected chi connectivity index (χ1v) is 10.00. The van der Waals surface area contributed by atoms with E-state index >= 15 is 0 Å². The van der Waals surface area contributed by atoms with Crippen molar-refractivity contribution < 1.29 is 14.2 Å². The average molecular weight is 402 g/mol. The molecule has 6 nitrogen and oxygen atoms in total. The maximum atomic E-state index is 12.7. The van der Waals surface area contributed by atoms with Crippen LogP contribution < -0.4 is 16.2 Å². The number of nitrogens with one attached hydrogen (secondary N) is 3. The maximum absolute atomic E-state index is 12.7. The zero-order chi connectivity index (χ0) is 19.6. The van der Waals surface area contributed by atoms with Crippen molar-refractivity contribution in [2.24, 2.45) is 0 Å². The quantitative estimate of drug-likeness (QED) is 0.673. The molecule has 7 heteroatoms. The molecule has 3 N–H and O–H groups in total. The molecule has 1 amide bonds. The Bertz CT molecular complexity index is 834. The lowest BCUT2D eigenvalue weighted by Gasteiger charge is -2.28. The molecule has 0 aliphatic carbocycles. The molecule has 2 fully saturated rings. The third-order valence-electron chi connectivity index (χ3n) is 5.43. The van der Waals surface area contributed by atoms with Gasteiger partial charge >= 0.3 is 0 Å². The van der Waals surface area contributed by atoms with Gasteiger partial charge in [0.25, 0.3) is 0 Å². The van der Waals surface area contributed by atoms with Crippen molar-refractivity contribution in [1.29, 1.82) is 0 Å². The van der Waals surface area contributed by atoms with Gasteiger partial charge in [-0.1, -0.05) is 60.1 Å². The minimum atomic E-state index is -0.380. The zero-order valence-corrected chi connectivity index (χ0v) is 16.7. The SMILES string of the molecule is C[N+]1(Cc2ccccc2)CC(NC(=O)C2CC(c3ccccc3Cl)ON2)CN1. The van der Waals surface area contributed by atoms with Crippen LogP contribution in [0.3, 0.4) is 0 Å². The van der Waals surface area contributed by atoms with Crippen molar-refractivity contribution in [3.05, 3.63) is 70.7 Å². The van der Waals surface area contributed by atoms with Crippen LogP contribution in [-0.4, -0.2) is 42.7 Å². The number of carbonyl (C=O) groups is 1. The lowest BCUT2D eigenvalue weighted by Crippen LogP contribution is -2.50. The minimum absolute atomic E-state index is 0.0329. The van der Waals surface area contributed by atoms with E-state index in [1.54, 1.807) is 0 Å². The van der Waals surface area contributed by atoms with Gasteiger partial charge in [0.1, 0.15) is 25.2 Å². The number of amides is 1. The molecule has 0 aromatic heterocycles. The molecule has 2 heterocycles. The van der Waals surface area contributed by atoms with Gasteiger partial charge in [-0.3, -0.25) is 9.63 Å². The van der Waals surface area contributed by atoms with Crippen molar-refractivity contribution in [3.8, 4) is 0 Å². The van der Waals surface area contributed by atoms with Gasteiger partial charge < -0.3 is 5.32 Å². The number of hydroxylamine groups is 1. The highest BCUT2D eigenvalue weighted by Gasteiger charge is 2.38. The number of halogens is 1. The molecule has 2 aromatic rings. The third-order valence-corrected chi connectivity index (χ3v) is 5.78. The fourth-order valence-electron chi connectivity index (χ4n) is 4.01. The Morgan fingerprint density at radius 1 is 1.21 bits per heavy atom. The van der Waals surface area contributed by atoms with Gasteiger partial charge in [-0.2, -0.15) is 10.9 Å².